The van der Waals surface area contributed by atoms with Gasteiger partial charge in [0.1, 0.15) is 11.5 Å². The fourth-order valence-electron chi connectivity index (χ4n) is 1.13. The van der Waals surface area contributed by atoms with Crippen LogP contribution in [0.5, 0.6) is 0 Å². The maximum atomic E-state index is 8.61. The highest BCUT2D eigenvalue weighted by molar-refractivity contribution is 7.98. The lowest BCUT2D eigenvalue weighted by Crippen LogP contribution is -2.09. The Kier molecular flexibility index (Phi) is 5.07. The summed E-state index contributed by atoms with van der Waals surface area (Å²) >= 11 is 1.68. The van der Waals surface area contributed by atoms with Crippen LogP contribution >= 0.6 is 11.8 Å². The van der Waals surface area contributed by atoms with Gasteiger partial charge in [-0.1, -0.05) is 0 Å². The molecule has 1 heterocycles. The summed E-state index contributed by atoms with van der Waals surface area (Å²) in [6.07, 6.45) is 0. The van der Waals surface area contributed by atoms with Crippen molar-refractivity contribution in [3.63, 3.8) is 0 Å². The lowest BCUT2D eigenvalue weighted by molar-refractivity contribution is 0.322. The number of nitrogens with zero attached hydrogens (tertiary/aromatic N) is 1. The van der Waals surface area contributed by atoms with Gasteiger partial charge in [0, 0.05) is 5.75 Å². The highest BCUT2D eigenvalue weighted by atomic mass is 32.2. The maximum Gasteiger partial charge on any atom is 0.118 e. The molecule has 4 heteroatoms. The third-order valence-corrected chi connectivity index (χ3v) is 2.63. The number of furan rings is 1. The van der Waals surface area contributed by atoms with Crippen molar-refractivity contribution < 1.29 is 9.52 Å². The summed E-state index contributed by atoms with van der Waals surface area (Å²) in [5, 5.41) is 8.61. The average molecular weight is 215 g/mol. The summed E-state index contributed by atoms with van der Waals surface area (Å²) in [6, 6.07) is 4.01. The molecular formula is C10H17NO2S. The van der Waals surface area contributed by atoms with Gasteiger partial charge in [0.2, 0.25) is 0 Å². The predicted molar refractivity (Wildman–Crippen MR) is 59.3 cm³/mol. The molecule has 0 aliphatic rings. The van der Waals surface area contributed by atoms with Crippen LogP contribution in [0.4, 0.5) is 0 Å². The number of hydrogen-bond acceptors (Lipinski definition) is 4. The van der Waals surface area contributed by atoms with Crippen molar-refractivity contribution >= 4 is 11.8 Å². The number of rotatable bonds is 6. The van der Waals surface area contributed by atoms with Crippen molar-refractivity contribution in [2.75, 3.05) is 26.5 Å². The van der Waals surface area contributed by atoms with E-state index >= 15 is 0 Å². The van der Waals surface area contributed by atoms with E-state index in [1.165, 1.54) is 0 Å². The lowest BCUT2D eigenvalue weighted by Gasteiger charge is -2.05. The first-order chi connectivity index (χ1) is 6.72. The third kappa shape index (κ3) is 4.17. The summed E-state index contributed by atoms with van der Waals surface area (Å²) in [5.74, 6) is 3.59. The minimum Gasteiger partial charge on any atom is -0.464 e. The van der Waals surface area contributed by atoms with Crippen molar-refractivity contribution in [3.05, 3.63) is 23.7 Å². The van der Waals surface area contributed by atoms with Gasteiger partial charge in [0.25, 0.3) is 0 Å². The van der Waals surface area contributed by atoms with E-state index in [0.717, 1.165) is 29.6 Å². The van der Waals surface area contributed by atoms with Gasteiger partial charge in [-0.25, -0.2) is 0 Å². The zero-order valence-corrected chi connectivity index (χ0v) is 9.51. The molecule has 14 heavy (non-hydrogen) atoms. The zero-order chi connectivity index (χ0) is 10.4. The van der Waals surface area contributed by atoms with Crippen LogP contribution in [0.3, 0.4) is 0 Å². The Bertz CT molecular complexity index is 260. The molecule has 3 nitrogen and oxygen atoms in total. The van der Waals surface area contributed by atoms with Crippen LogP contribution in [0.25, 0.3) is 0 Å². The molecule has 0 atom stereocenters. The van der Waals surface area contributed by atoms with E-state index in [0.29, 0.717) is 0 Å². The molecule has 1 rings (SSSR count). The van der Waals surface area contributed by atoms with E-state index in [9.17, 15) is 0 Å². The number of thioether (sulfide) groups is 1. The summed E-state index contributed by atoms with van der Waals surface area (Å²) in [4.78, 5) is 2.07. The van der Waals surface area contributed by atoms with Crippen molar-refractivity contribution in [2.45, 2.75) is 12.3 Å². The van der Waals surface area contributed by atoms with Crippen molar-refractivity contribution in [2.24, 2.45) is 0 Å². The van der Waals surface area contributed by atoms with Gasteiger partial charge < -0.3 is 14.4 Å². The largest absolute Gasteiger partial charge is 0.464 e. The molecule has 0 aliphatic heterocycles. The molecule has 0 aliphatic carbocycles. The van der Waals surface area contributed by atoms with Gasteiger partial charge in [0.05, 0.1) is 18.9 Å². The summed E-state index contributed by atoms with van der Waals surface area (Å²) in [5.41, 5.74) is 0. The summed E-state index contributed by atoms with van der Waals surface area (Å²) < 4.78 is 5.60. The molecule has 1 aromatic heterocycles. The van der Waals surface area contributed by atoms with Crippen LogP contribution in [0.1, 0.15) is 11.5 Å². The van der Waals surface area contributed by atoms with Gasteiger partial charge in [-0.15, -0.1) is 0 Å². The molecule has 0 radical (unpaired) electrons. The van der Waals surface area contributed by atoms with E-state index in [1.807, 2.05) is 26.2 Å². The molecule has 0 amide bonds. The molecule has 0 spiro atoms. The average Bonchev–Trinajstić information content (AvgIpc) is 2.52. The predicted octanol–water partition coefficient (Wildman–Crippen LogP) is 1.57. The molecule has 0 saturated heterocycles. The monoisotopic (exact) mass is 215 g/mol. The highest BCUT2D eigenvalue weighted by Crippen LogP contribution is 2.15. The van der Waals surface area contributed by atoms with E-state index in [2.05, 4.69) is 4.90 Å². The summed E-state index contributed by atoms with van der Waals surface area (Å²) in [6.45, 7) is 1.07. The second-order valence-electron chi connectivity index (χ2n) is 3.38. The minimum absolute atomic E-state index is 0.232. The van der Waals surface area contributed by atoms with Crippen molar-refractivity contribution in [1.82, 2.24) is 4.90 Å². The second-order valence-corrected chi connectivity index (χ2v) is 4.49. The zero-order valence-electron chi connectivity index (χ0n) is 8.69. The standard InChI is InChI=1S/C10H17NO2S/c1-11(2)7-9-3-4-10(13-9)8-14-6-5-12/h3-4,12H,5-8H2,1-2H3. The van der Waals surface area contributed by atoms with E-state index in [1.54, 1.807) is 11.8 Å². The smallest absolute Gasteiger partial charge is 0.118 e. The molecule has 1 aromatic rings. The molecule has 1 N–H and O–H groups in total. The van der Waals surface area contributed by atoms with Crippen LogP contribution in [-0.4, -0.2) is 36.5 Å². The first-order valence-corrected chi connectivity index (χ1v) is 5.78. The van der Waals surface area contributed by atoms with Crippen molar-refractivity contribution in [3.8, 4) is 0 Å². The van der Waals surface area contributed by atoms with E-state index in [4.69, 9.17) is 9.52 Å². The Morgan fingerprint density at radius 2 is 2.07 bits per heavy atom. The maximum absolute atomic E-state index is 8.61. The van der Waals surface area contributed by atoms with Crippen molar-refractivity contribution in [1.29, 1.82) is 0 Å². The first-order valence-electron chi connectivity index (χ1n) is 4.63. The van der Waals surface area contributed by atoms with Gasteiger partial charge in [0.15, 0.2) is 0 Å². The Balaban J connectivity index is 2.35. The molecule has 0 fully saturated rings. The Labute approximate surface area is 89.1 Å². The molecular weight excluding hydrogens is 198 g/mol. The summed E-state index contributed by atoms with van der Waals surface area (Å²) in [7, 11) is 4.03. The van der Waals surface area contributed by atoms with Crippen LogP contribution in [0.15, 0.2) is 16.5 Å². The van der Waals surface area contributed by atoms with Crippen LogP contribution in [0, 0.1) is 0 Å². The Hall–Kier alpha value is -0.450. The van der Waals surface area contributed by atoms with Gasteiger partial charge in [-0.05, 0) is 26.2 Å². The Morgan fingerprint density at radius 1 is 1.36 bits per heavy atom. The van der Waals surface area contributed by atoms with Gasteiger partial charge in [-0.2, -0.15) is 11.8 Å². The quantitative estimate of drug-likeness (QED) is 0.731. The lowest BCUT2D eigenvalue weighted by atomic mass is 10.4. The number of aliphatic hydroxyl groups excluding tert-OH is 1. The molecule has 0 bridgehead atoms. The normalized spacial score (nSPS) is 11.1. The topological polar surface area (TPSA) is 36.6 Å². The second kappa shape index (κ2) is 6.11. The minimum atomic E-state index is 0.232. The fourth-order valence-corrected chi connectivity index (χ4v) is 1.76. The van der Waals surface area contributed by atoms with Gasteiger partial charge >= 0.3 is 0 Å². The molecule has 0 unspecified atom stereocenters. The third-order valence-electron chi connectivity index (χ3n) is 1.67. The molecule has 0 aromatic carbocycles. The van der Waals surface area contributed by atoms with Gasteiger partial charge in [-0.3, -0.25) is 0 Å². The van der Waals surface area contributed by atoms with E-state index in [-0.39, 0.29) is 6.61 Å². The SMILES string of the molecule is CN(C)Cc1ccc(CSCCO)o1. The van der Waals surface area contributed by atoms with E-state index < -0.39 is 0 Å². The first kappa shape index (κ1) is 11.6. The molecule has 0 saturated carbocycles. The Morgan fingerprint density at radius 3 is 2.71 bits per heavy atom. The molecule has 80 valence electrons. The number of aliphatic hydroxyl groups is 1. The van der Waals surface area contributed by atoms with Crippen LogP contribution < -0.4 is 0 Å². The fraction of sp³-hybridized carbons (Fsp3) is 0.600. The highest BCUT2D eigenvalue weighted by Gasteiger charge is 2.02. The van der Waals surface area contributed by atoms with Crippen LogP contribution in [0.2, 0.25) is 0 Å². The number of hydrogen-bond donors (Lipinski definition) is 1. The van der Waals surface area contributed by atoms with Crippen LogP contribution in [-0.2, 0) is 12.3 Å².